The molecule has 1 aliphatic heterocycles. The van der Waals surface area contributed by atoms with Crippen LogP contribution in [-0.2, 0) is 0 Å². The van der Waals surface area contributed by atoms with Crippen LogP contribution in [0.1, 0.15) is 0 Å². The van der Waals surface area contributed by atoms with Crippen molar-refractivity contribution in [3.63, 3.8) is 0 Å². The monoisotopic (exact) mass is 96.1 g/mol. The summed E-state index contributed by atoms with van der Waals surface area (Å²) in [5.41, 5.74) is 0. The van der Waals surface area contributed by atoms with Gasteiger partial charge < -0.3 is 4.90 Å². The van der Waals surface area contributed by atoms with Gasteiger partial charge in [0.2, 0.25) is 0 Å². The van der Waals surface area contributed by atoms with Crippen molar-refractivity contribution in [3.8, 4) is 0 Å². The van der Waals surface area contributed by atoms with E-state index in [1.165, 1.54) is 0 Å². The van der Waals surface area contributed by atoms with E-state index in [1.807, 2.05) is 25.1 Å². The Hall–Kier alpha value is -0.790. The Morgan fingerprint density at radius 2 is 2.14 bits per heavy atom. The van der Waals surface area contributed by atoms with Crippen molar-refractivity contribution in [2.24, 2.45) is 4.99 Å². The number of nitrogens with zero attached hydrogens (tertiary/aromatic N) is 2. The molecule has 2 nitrogen and oxygen atoms in total. The normalized spacial score (nSPS) is 15.4. The van der Waals surface area contributed by atoms with Gasteiger partial charge in [-0.3, -0.25) is 0 Å². The number of hydrogen-bond acceptors (Lipinski definition) is 2. The van der Waals surface area contributed by atoms with Gasteiger partial charge in [0.15, 0.2) is 0 Å². The number of hydrogen-bond donors (Lipinski definition) is 0. The Morgan fingerprint density at radius 1 is 1.57 bits per heavy atom. The fourth-order valence-electron chi connectivity index (χ4n) is 0.406. The smallest absolute Gasteiger partial charge is 0.129 e. The zero-order chi connectivity index (χ0) is 5.28. The van der Waals surface area contributed by atoms with Gasteiger partial charge in [-0.05, 0) is 6.08 Å². The third kappa shape index (κ3) is 0.633. The molecule has 38 valence electrons. The van der Waals surface area contributed by atoms with Crippen LogP contribution < -0.4 is 0 Å². The molecule has 0 amide bonds. The van der Waals surface area contributed by atoms with Gasteiger partial charge in [0.25, 0.3) is 0 Å². The number of aliphatic imine (C=N–C) groups is 1. The molecule has 0 unspecified atom stereocenters. The van der Waals surface area contributed by atoms with E-state index in [9.17, 15) is 0 Å². The van der Waals surface area contributed by atoms with Gasteiger partial charge in [-0.1, -0.05) is 0 Å². The molecule has 0 bridgehead atoms. The SMILES string of the molecule is CN(C)C1=NC=C1. The molecule has 2 heteroatoms. The summed E-state index contributed by atoms with van der Waals surface area (Å²) in [7, 11) is 3.95. The Morgan fingerprint density at radius 3 is 2.14 bits per heavy atom. The van der Waals surface area contributed by atoms with Gasteiger partial charge in [0.1, 0.15) is 5.84 Å². The molecule has 0 atom stereocenters. The molecule has 0 saturated carbocycles. The summed E-state index contributed by atoms with van der Waals surface area (Å²) < 4.78 is 0. The fraction of sp³-hybridized carbons (Fsp3) is 0.400. The van der Waals surface area contributed by atoms with Crippen LogP contribution in [0.4, 0.5) is 0 Å². The van der Waals surface area contributed by atoms with Crippen molar-refractivity contribution in [1.82, 2.24) is 4.90 Å². The van der Waals surface area contributed by atoms with Gasteiger partial charge in [0, 0.05) is 20.3 Å². The summed E-state index contributed by atoms with van der Waals surface area (Å²) in [6.45, 7) is 0. The van der Waals surface area contributed by atoms with Gasteiger partial charge in [0.05, 0.1) is 0 Å². The predicted molar refractivity (Wildman–Crippen MR) is 30.3 cm³/mol. The summed E-state index contributed by atoms with van der Waals surface area (Å²) in [6, 6.07) is 0. The molecule has 0 N–H and O–H groups in total. The van der Waals surface area contributed by atoms with E-state index in [2.05, 4.69) is 4.99 Å². The molecule has 0 spiro atoms. The molecular formula is C5H8N2. The van der Waals surface area contributed by atoms with Crippen molar-refractivity contribution in [2.45, 2.75) is 0 Å². The fourth-order valence-corrected chi connectivity index (χ4v) is 0.406. The van der Waals surface area contributed by atoms with E-state index in [1.54, 1.807) is 6.20 Å². The first-order valence-corrected chi connectivity index (χ1v) is 2.22. The highest BCUT2D eigenvalue weighted by Crippen LogP contribution is 1.96. The summed E-state index contributed by atoms with van der Waals surface area (Å²) in [5, 5.41) is 0. The minimum Gasteiger partial charge on any atom is -0.363 e. The summed E-state index contributed by atoms with van der Waals surface area (Å²) in [5.74, 6) is 1.06. The Labute approximate surface area is 43.2 Å². The quantitative estimate of drug-likeness (QED) is 0.428. The minimum atomic E-state index is 1.06. The maximum absolute atomic E-state index is 3.93. The zero-order valence-electron chi connectivity index (χ0n) is 4.55. The molecule has 0 saturated heterocycles. The molecule has 1 aliphatic rings. The average Bonchev–Trinajstić information content (AvgIpc) is 1.23. The molecule has 0 aromatic rings. The second kappa shape index (κ2) is 1.37. The van der Waals surface area contributed by atoms with E-state index >= 15 is 0 Å². The van der Waals surface area contributed by atoms with Crippen LogP contribution in [0.25, 0.3) is 0 Å². The topological polar surface area (TPSA) is 15.6 Å². The minimum absolute atomic E-state index is 1.06. The second-order valence-corrected chi connectivity index (χ2v) is 1.70. The molecule has 0 radical (unpaired) electrons. The number of likely N-dealkylation sites (N-methyl/N-ethyl adjacent to an activating group) is 1. The maximum atomic E-state index is 3.93. The van der Waals surface area contributed by atoms with Crippen molar-refractivity contribution < 1.29 is 0 Å². The highest BCUT2D eigenvalue weighted by molar-refractivity contribution is 5.97. The average molecular weight is 96.1 g/mol. The van der Waals surface area contributed by atoms with Gasteiger partial charge in [-0.2, -0.15) is 0 Å². The van der Waals surface area contributed by atoms with E-state index in [0.29, 0.717) is 0 Å². The largest absolute Gasteiger partial charge is 0.363 e. The second-order valence-electron chi connectivity index (χ2n) is 1.70. The third-order valence-corrected chi connectivity index (χ3v) is 0.889. The van der Waals surface area contributed by atoms with Crippen molar-refractivity contribution in [1.29, 1.82) is 0 Å². The van der Waals surface area contributed by atoms with E-state index in [0.717, 1.165) is 5.84 Å². The number of amidine groups is 1. The molecule has 0 aromatic heterocycles. The first-order valence-electron chi connectivity index (χ1n) is 2.22. The Kier molecular flexibility index (Phi) is 0.855. The van der Waals surface area contributed by atoms with Crippen molar-refractivity contribution in [2.75, 3.05) is 14.1 Å². The van der Waals surface area contributed by atoms with Crippen LogP contribution in [0.5, 0.6) is 0 Å². The highest BCUT2D eigenvalue weighted by atomic mass is 15.1. The van der Waals surface area contributed by atoms with Crippen LogP contribution in [0.3, 0.4) is 0 Å². The summed E-state index contributed by atoms with van der Waals surface area (Å²) in [6.07, 6.45) is 3.76. The summed E-state index contributed by atoms with van der Waals surface area (Å²) in [4.78, 5) is 5.90. The first kappa shape index (κ1) is 4.37. The standard InChI is InChI=1S/C5H8N2/c1-7(2)5-3-4-6-5/h3-4H,1-2H3. The maximum Gasteiger partial charge on any atom is 0.129 e. The van der Waals surface area contributed by atoms with Gasteiger partial charge >= 0.3 is 0 Å². The Bertz CT molecular complexity index is 122. The van der Waals surface area contributed by atoms with E-state index < -0.39 is 0 Å². The van der Waals surface area contributed by atoms with E-state index in [4.69, 9.17) is 0 Å². The zero-order valence-corrected chi connectivity index (χ0v) is 4.55. The van der Waals surface area contributed by atoms with Crippen molar-refractivity contribution in [3.05, 3.63) is 12.3 Å². The summed E-state index contributed by atoms with van der Waals surface area (Å²) >= 11 is 0. The lowest BCUT2D eigenvalue weighted by atomic mass is 10.4. The Balaban J connectivity index is 2.43. The lowest BCUT2D eigenvalue weighted by Gasteiger charge is -2.14. The lowest BCUT2D eigenvalue weighted by Crippen LogP contribution is -2.22. The van der Waals surface area contributed by atoms with E-state index in [-0.39, 0.29) is 0 Å². The molecule has 0 fully saturated rings. The first-order chi connectivity index (χ1) is 3.30. The van der Waals surface area contributed by atoms with Crippen LogP contribution in [-0.4, -0.2) is 24.8 Å². The molecule has 1 rings (SSSR count). The van der Waals surface area contributed by atoms with Crippen LogP contribution >= 0.6 is 0 Å². The van der Waals surface area contributed by atoms with Crippen LogP contribution in [0, 0.1) is 0 Å². The van der Waals surface area contributed by atoms with Gasteiger partial charge in [-0.25, -0.2) is 4.99 Å². The molecular weight excluding hydrogens is 88.1 g/mol. The number of rotatable bonds is 0. The lowest BCUT2D eigenvalue weighted by molar-refractivity contribution is 0.622. The third-order valence-electron chi connectivity index (χ3n) is 0.889. The van der Waals surface area contributed by atoms with Crippen LogP contribution in [0.15, 0.2) is 17.3 Å². The molecule has 0 aliphatic carbocycles. The van der Waals surface area contributed by atoms with Crippen LogP contribution in [0.2, 0.25) is 0 Å². The highest BCUT2D eigenvalue weighted by Gasteiger charge is 1.98. The molecule has 7 heavy (non-hydrogen) atoms. The molecule has 1 heterocycles. The molecule has 0 aromatic carbocycles. The van der Waals surface area contributed by atoms with Gasteiger partial charge in [-0.15, -0.1) is 0 Å². The van der Waals surface area contributed by atoms with Crippen molar-refractivity contribution >= 4 is 5.84 Å². The predicted octanol–water partition coefficient (Wildman–Crippen LogP) is 0.474.